The average molecular weight is 760 g/mol. The number of carbonyl (C=O) groups is 3. The number of esters is 2. The Kier molecular flexibility index (Phi) is 15.9. The third kappa shape index (κ3) is 10.6. The summed E-state index contributed by atoms with van der Waals surface area (Å²) in [6.07, 6.45) is -8.01. The molecule has 0 aromatic carbocycles. The maximum Gasteiger partial charge on any atom is 0.311 e. The van der Waals surface area contributed by atoms with Crippen molar-refractivity contribution >= 4 is 17.7 Å². The third-order valence-electron chi connectivity index (χ3n) is 12.0. The van der Waals surface area contributed by atoms with Gasteiger partial charge >= 0.3 is 11.9 Å². The zero-order valence-corrected chi connectivity index (χ0v) is 34.4. The number of Topliss-reactive ketones (excluding diaryl/α,β-unsaturated/α-hetero) is 1. The molecule has 3 saturated heterocycles. The first kappa shape index (κ1) is 45.6. The van der Waals surface area contributed by atoms with E-state index in [2.05, 4.69) is 0 Å². The smallest absolute Gasteiger partial charge is 0.311 e. The van der Waals surface area contributed by atoms with E-state index in [4.69, 9.17) is 33.2 Å². The van der Waals surface area contributed by atoms with Crippen molar-refractivity contribution < 1.29 is 62.9 Å². The lowest BCUT2D eigenvalue weighted by Gasteiger charge is -2.49. The number of aliphatic hydroxyl groups is 3. The topological polar surface area (TPSA) is 180 Å². The second kappa shape index (κ2) is 18.5. The number of ether oxygens (including phenoxy) is 7. The molecular weight excluding hydrogens is 690 g/mol. The van der Waals surface area contributed by atoms with Gasteiger partial charge in [0, 0.05) is 44.2 Å². The zero-order valence-electron chi connectivity index (χ0n) is 34.4. The average Bonchev–Trinajstić information content (AvgIpc) is 3.08. The van der Waals surface area contributed by atoms with Gasteiger partial charge in [-0.05, 0) is 68.0 Å². The minimum Gasteiger partial charge on any atom is -0.462 e. The van der Waals surface area contributed by atoms with Gasteiger partial charge in [0.05, 0.1) is 47.5 Å². The normalized spacial score (nSPS) is 46.8. The molecule has 0 bridgehead atoms. The quantitative estimate of drug-likeness (QED) is 0.307. The van der Waals surface area contributed by atoms with Crippen molar-refractivity contribution in [1.29, 1.82) is 0 Å². The lowest BCUT2D eigenvalue weighted by Crippen LogP contribution is -2.60. The van der Waals surface area contributed by atoms with Gasteiger partial charge in [0.15, 0.2) is 12.6 Å². The lowest BCUT2D eigenvalue weighted by atomic mass is 9.74. The van der Waals surface area contributed by atoms with Gasteiger partial charge in [-0.3, -0.25) is 14.4 Å². The number of cyclic esters (lactones) is 1. The fraction of sp³-hybridized carbons (Fsp3) is 0.923. The molecular formula is C39H69NO13. The molecule has 3 rings (SSSR count). The molecule has 0 amide bonds. The Labute approximate surface area is 316 Å². The van der Waals surface area contributed by atoms with Gasteiger partial charge in [0.1, 0.15) is 30.2 Å². The molecule has 0 spiro atoms. The van der Waals surface area contributed by atoms with Crippen LogP contribution in [0, 0.1) is 29.6 Å². The van der Waals surface area contributed by atoms with Crippen molar-refractivity contribution in [2.24, 2.45) is 29.6 Å². The molecule has 3 fully saturated rings. The first-order chi connectivity index (χ1) is 24.5. The van der Waals surface area contributed by atoms with E-state index in [0.717, 1.165) is 0 Å². The van der Waals surface area contributed by atoms with E-state index in [0.29, 0.717) is 12.8 Å². The molecule has 18 atom stereocenters. The first-order valence-corrected chi connectivity index (χ1v) is 19.3. The van der Waals surface area contributed by atoms with Crippen LogP contribution in [-0.2, 0) is 47.5 Å². The van der Waals surface area contributed by atoms with E-state index in [1.807, 2.05) is 32.8 Å². The summed E-state index contributed by atoms with van der Waals surface area (Å²) >= 11 is 0. The predicted molar refractivity (Wildman–Crippen MR) is 194 cm³/mol. The van der Waals surface area contributed by atoms with Gasteiger partial charge in [0.2, 0.25) is 0 Å². The van der Waals surface area contributed by atoms with Crippen LogP contribution in [0.25, 0.3) is 0 Å². The molecule has 0 saturated carbocycles. The van der Waals surface area contributed by atoms with Crippen LogP contribution >= 0.6 is 0 Å². The number of likely N-dealkylation sites (N-methyl/N-ethyl adjacent to an activating group) is 1. The van der Waals surface area contributed by atoms with Crippen LogP contribution in [0.2, 0.25) is 0 Å². The Morgan fingerprint density at radius 2 is 1.55 bits per heavy atom. The molecule has 3 aliphatic rings. The standard InChI is InChI=1S/C39H69NO13/c1-15-28-21(4)32(50-26(9)41)22(5)30(42)19(2)17-38(10,46)35(53-37-31(43)27(40(12)13)16-20(3)48-37)23(6)33(24(7)36(45)51-28)52-29-18-39(11,47-14)34(44)25(8)49-29/h19-25,27-29,31-35,37,43-44,46H,15-18H2,1-14H3/t19-,20-,21+,22+,23+,24-,25+,27+,28?,29+,31-,32+,33?,34+,35-,37+,38-,39-/m1/s1. The minimum atomic E-state index is -1.76. The SMILES string of the molecule is CCC1OC(=O)[C@H](C)C(O[C@H]2C[C@@](C)(OC)[C@@H](O)[C@H](C)O2)[C@H](C)[C@@H](O[C@@H]2O[C@H](C)C[C@H](N(C)C)[C@H]2O)[C@](C)(O)C[C@@H](C)C(=O)[C@H](C)[C@@H](OC(C)=O)[C@H]1C. The molecule has 0 aliphatic carbocycles. The van der Waals surface area contributed by atoms with Crippen LogP contribution in [0.3, 0.4) is 0 Å². The summed E-state index contributed by atoms with van der Waals surface area (Å²) in [6, 6.07) is -0.314. The summed E-state index contributed by atoms with van der Waals surface area (Å²) in [6.45, 7) is 18.7. The summed E-state index contributed by atoms with van der Waals surface area (Å²) < 4.78 is 43.3. The van der Waals surface area contributed by atoms with Crippen molar-refractivity contribution in [2.75, 3.05) is 21.2 Å². The van der Waals surface area contributed by atoms with Crippen molar-refractivity contribution in [3.8, 4) is 0 Å². The fourth-order valence-electron chi connectivity index (χ4n) is 8.74. The third-order valence-corrected chi connectivity index (χ3v) is 12.0. The van der Waals surface area contributed by atoms with Crippen LogP contribution < -0.4 is 0 Å². The van der Waals surface area contributed by atoms with Crippen molar-refractivity contribution in [2.45, 2.75) is 181 Å². The van der Waals surface area contributed by atoms with E-state index in [-0.39, 0.29) is 30.8 Å². The Bertz CT molecular complexity index is 1230. The van der Waals surface area contributed by atoms with E-state index in [9.17, 15) is 29.7 Å². The molecule has 2 unspecified atom stereocenters. The van der Waals surface area contributed by atoms with Gasteiger partial charge < -0.3 is 53.4 Å². The molecule has 14 nitrogen and oxygen atoms in total. The highest BCUT2D eigenvalue weighted by molar-refractivity contribution is 5.84. The van der Waals surface area contributed by atoms with Crippen molar-refractivity contribution in [3.05, 3.63) is 0 Å². The van der Waals surface area contributed by atoms with E-state index < -0.39 is 108 Å². The maximum absolute atomic E-state index is 14.2. The maximum atomic E-state index is 14.2. The van der Waals surface area contributed by atoms with Gasteiger partial charge in [-0.1, -0.05) is 34.6 Å². The predicted octanol–water partition coefficient (Wildman–Crippen LogP) is 3.24. The van der Waals surface area contributed by atoms with Crippen LogP contribution in [0.1, 0.15) is 102 Å². The van der Waals surface area contributed by atoms with E-state index >= 15 is 0 Å². The zero-order chi connectivity index (χ0) is 40.3. The highest BCUT2D eigenvalue weighted by Gasteiger charge is 2.52. The molecule has 14 heteroatoms. The summed E-state index contributed by atoms with van der Waals surface area (Å²) in [7, 11) is 5.22. The van der Waals surface area contributed by atoms with Gasteiger partial charge in [-0.2, -0.15) is 0 Å². The number of hydrogen-bond donors (Lipinski definition) is 3. The van der Waals surface area contributed by atoms with Crippen LogP contribution in [0.4, 0.5) is 0 Å². The second-order valence-corrected chi connectivity index (χ2v) is 16.8. The number of rotatable bonds is 8. The van der Waals surface area contributed by atoms with E-state index in [1.54, 1.807) is 55.4 Å². The highest BCUT2D eigenvalue weighted by Crippen LogP contribution is 2.40. The first-order valence-electron chi connectivity index (χ1n) is 19.3. The number of ketones is 1. The Hall–Kier alpha value is -1.75. The summed E-state index contributed by atoms with van der Waals surface area (Å²) in [4.78, 5) is 42.6. The molecule has 0 aromatic heterocycles. The van der Waals surface area contributed by atoms with Crippen LogP contribution in [0.5, 0.6) is 0 Å². The molecule has 0 aromatic rings. The number of nitrogens with zero attached hydrogens (tertiary/aromatic N) is 1. The van der Waals surface area contributed by atoms with Crippen molar-refractivity contribution in [3.63, 3.8) is 0 Å². The Morgan fingerprint density at radius 1 is 0.925 bits per heavy atom. The number of hydrogen-bond acceptors (Lipinski definition) is 14. The molecule has 308 valence electrons. The van der Waals surface area contributed by atoms with E-state index in [1.165, 1.54) is 14.0 Å². The molecule has 3 aliphatic heterocycles. The van der Waals surface area contributed by atoms with Crippen molar-refractivity contribution in [1.82, 2.24) is 4.90 Å². The summed E-state index contributed by atoms with van der Waals surface area (Å²) in [5, 5.41) is 34.9. The van der Waals surface area contributed by atoms with Gasteiger partial charge in [0.25, 0.3) is 0 Å². The van der Waals surface area contributed by atoms with Crippen LogP contribution in [0.15, 0.2) is 0 Å². The molecule has 0 radical (unpaired) electrons. The van der Waals surface area contributed by atoms with Crippen LogP contribution in [-0.4, -0.2) is 138 Å². The number of carbonyl (C=O) groups excluding carboxylic acids is 3. The Morgan fingerprint density at radius 3 is 2.09 bits per heavy atom. The molecule has 53 heavy (non-hydrogen) atoms. The number of methoxy groups -OCH3 is 1. The Balaban J connectivity index is 2.19. The van der Waals surface area contributed by atoms with Gasteiger partial charge in [-0.15, -0.1) is 0 Å². The molecule has 3 heterocycles. The minimum absolute atomic E-state index is 0.0739. The largest absolute Gasteiger partial charge is 0.462 e. The number of aliphatic hydroxyl groups excluding tert-OH is 2. The summed E-state index contributed by atoms with van der Waals surface area (Å²) in [5.41, 5.74) is -2.79. The highest BCUT2D eigenvalue weighted by atomic mass is 16.7. The molecule has 3 N–H and O–H groups in total. The van der Waals surface area contributed by atoms with Gasteiger partial charge in [-0.25, -0.2) is 0 Å². The fourth-order valence-corrected chi connectivity index (χ4v) is 8.74. The lowest BCUT2D eigenvalue weighted by molar-refractivity contribution is -0.317. The monoisotopic (exact) mass is 759 g/mol. The second-order valence-electron chi connectivity index (χ2n) is 16.8. The summed E-state index contributed by atoms with van der Waals surface area (Å²) in [5.74, 6) is -5.27.